The molecule has 4 rings (SSSR count). The van der Waals surface area contributed by atoms with Gasteiger partial charge in [0.25, 0.3) is 5.56 Å². The van der Waals surface area contributed by atoms with Crippen LogP contribution in [0.2, 0.25) is 0 Å². The Labute approximate surface area is 169 Å². The molecule has 0 aliphatic heterocycles. The minimum atomic E-state index is -0.0188. The molecule has 0 aliphatic carbocycles. The van der Waals surface area contributed by atoms with E-state index in [1.165, 1.54) is 11.1 Å². The molecule has 0 saturated carbocycles. The number of nitrogens with zero attached hydrogens (tertiary/aromatic N) is 2. The van der Waals surface area contributed by atoms with E-state index in [0.29, 0.717) is 5.39 Å². The SMILES string of the molecule is Cc1cccc(CSc2nc3ccccc3c(=O)n2-c2c(C)cccc2C)c1. The summed E-state index contributed by atoms with van der Waals surface area (Å²) in [6, 6.07) is 22.1. The highest BCUT2D eigenvalue weighted by molar-refractivity contribution is 7.98. The number of fused-ring (bicyclic) bond motifs is 1. The number of thioether (sulfide) groups is 1. The van der Waals surface area contributed by atoms with Crippen molar-refractivity contribution in [1.29, 1.82) is 0 Å². The van der Waals surface area contributed by atoms with Crippen molar-refractivity contribution in [3.05, 3.63) is 99.3 Å². The van der Waals surface area contributed by atoms with Crippen LogP contribution in [0, 0.1) is 20.8 Å². The topological polar surface area (TPSA) is 34.9 Å². The summed E-state index contributed by atoms with van der Waals surface area (Å²) >= 11 is 1.60. The smallest absolute Gasteiger partial charge is 0.266 e. The first-order chi connectivity index (χ1) is 13.5. The Balaban J connectivity index is 1.90. The second kappa shape index (κ2) is 7.64. The lowest BCUT2D eigenvalue weighted by Gasteiger charge is -2.17. The van der Waals surface area contributed by atoms with Crippen molar-refractivity contribution in [3.8, 4) is 5.69 Å². The third-order valence-corrected chi connectivity index (χ3v) is 5.87. The van der Waals surface area contributed by atoms with Crippen molar-refractivity contribution in [1.82, 2.24) is 9.55 Å². The summed E-state index contributed by atoms with van der Waals surface area (Å²) in [5, 5.41) is 1.37. The highest BCUT2D eigenvalue weighted by atomic mass is 32.2. The van der Waals surface area contributed by atoms with Crippen molar-refractivity contribution >= 4 is 22.7 Å². The minimum Gasteiger partial charge on any atom is -0.268 e. The Kier molecular flexibility index (Phi) is 5.05. The second-order valence-electron chi connectivity index (χ2n) is 7.07. The number of benzene rings is 3. The first-order valence-electron chi connectivity index (χ1n) is 9.31. The summed E-state index contributed by atoms with van der Waals surface area (Å²) in [5.41, 5.74) is 6.24. The van der Waals surface area contributed by atoms with E-state index in [1.807, 2.05) is 56.3 Å². The van der Waals surface area contributed by atoms with Gasteiger partial charge in [-0.25, -0.2) is 4.98 Å². The van der Waals surface area contributed by atoms with Gasteiger partial charge < -0.3 is 0 Å². The molecule has 0 amide bonds. The zero-order chi connectivity index (χ0) is 19.7. The van der Waals surface area contributed by atoms with Crippen LogP contribution in [0.15, 0.2) is 76.7 Å². The van der Waals surface area contributed by atoms with Gasteiger partial charge in [-0.2, -0.15) is 0 Å². The van der Waals surface area contributed by atoms with Crippen LogP contribution in [-0.2, 0) is 5.75 Å². The Morgan fingerprint density at radius 2 is 1.61 bits per heavy atom. The van der Waals surface area contributed by atoms with E-state index in [4.69, 9.17) is 4.98 Å². The number of rotatable bonds is 4. The van der Waals surface area contributed by atoms with Gasteiger partial charge in [0.05, 0.1) is 16.6 Å². The highest BCUT2D eigenvalue weighted by Crippen LogP contribution is 2.27. The van der Waals surface area contributed by atoms with E-state index >= 15 is 0 Å². The number of aromatic nitrogens is 2. The monoisotopic (exact) mass is 386 g/mol. The van der Waals surface area contributed by atoms with Crippen LogP contribution in [-0.4, -0.2) is 9.55 Å². The van der Waals surface area contributed by atoms with Crippen LogP contribution in [0.1, 0.15) is 22.3 Å². The summed E-state index contributed by atoms with van der Waals surface area (Å²) in [6.07, 6.45) is 0. The van der Waals surface area contributed by atoms with Gasteiger partial charge in [-0.1, -0.05) is 71.9 Å². The molecule has 1 aromatic heterocycles. The fourth-order valence-corrected chi connectivity index (χ4v) is 4.46. The van der Waals surface area contributed by atoms with Crippen molar-refractivity contribution in [2.75, 3.05) is 0 Å². The van der Waals surface area contributed by atoms with Crippen molar-refractivity contribution < 1.29 is 0 Å². The Bertz CT molecular complexity index is 1210. The molecule has 0 radical (unpaired) electrons. The first-order valence-corrected chi connectivity index (χ1v) is 10.3. The van der Waals surface area contributed by atoms with E-state index in [1.54, 1.807) is 16.3 Å². The lowest BCUT2D eigenvalue weighted by Crippen LogP contribution is -2.23. The van der Waals surface area contributed by atoms with Gasteiger partial charge in [-0.15, -0.1) is 0 Å². The summed E-state index contributed by atoms with van der Waals surface area (Å²) in [7, 11) is 0. The summed E-state index contributed by atoms with van der Waals surface area (Å²) in [5.74, 6) is 0.761. The van der Waals surface area contributed by atoms with E-state index in [0.717, 1.165) is 33.2 Å². The number of aryl methyl sites for hydroxylation is 3. The molecule has 28 heavy (non-hydrogen) atoms. The lowest BCUT2D eigenvalue weighted by molar-refractivity contribution is 0.809. The fraction of sp³-hybridized carbons (Fsp3) is 0.167. The molecule has 0 atom stereocenters. The maximum Gasteiger partial charge on any atom is 0.266 e. The van der Waals surface area contributed by atoms with Crippen LogP contribution >= 0.6 is 11.8 Å². The average molecular weight is 387 g/mol. The van der Waals surface area contributed by atoms with E-state index < -0.39 is 0 Å². The number of hydrogen-bond donors (Lipinski definition) is 0. The standard InChI is InChI=1S/C24H22N2OS/c1-16-8-6-11-19(14-16)15-28-24-25-21-13-5-4-12-20(21)23(27)26(24)22-17(2)9-7-10-18(22)3/h4-14H,15H2,1-3H3. The molecule has 3 nitrogen and oxygen atoms in total. The maximum absolute atomic E-state index is 13.4. The average Bonchev–Trinajstić information content (AvgIpc) is 2.68. The van der Waals surface area contributed by atoms with Crippen LogP contribution in [0.4, 0.5) is 0 Å². The van der Waals surface area contributed by atoms with E-state index in [-0.39, 0.29) is 5.56 Å². The molecule has 3 aromatic carbocycles. The van der Waals surface area contributed by atoms with Crippen molar-refractivity contribution in [2.24, 2.45) is 0 Å². The second-order valence-corrected chi connectivity index (χ2v) is 8.01. The minimum absolute atomic E-state index is 0.0188. The van der Waals surface area contributed by atoms with Gasteiger partial charge in [-0.05, 0) is 49.6 Å². The van der Waals surface area contributed by atoms with Gasteiger partial charge in [-0.3, -0.25) is 9.36 Å². The molecule has 0 bridgehead atoms. The molecular formula is C24H22N2OS. The predicted octanol–water partition coefficient (Wildman–Crippen LogP) is 5.60. The largest absolute Gasteiger partial charge is 0.268 e. The molecule has 0 spiro atoms. The van der Waals surface area contributed by atoms with E-state index in [2.05, 4.69) is 31.2 Å². The number of para-hydroxylation sites is 2. The third-order valence-electron chi connectivity index (χ3n) is 4.86. The van der Waals surface area contributed by atoms with Crippen LogP contribution < -0.4 is 5.56 Å². The lowest BCUT2D eigenvalue weighted by atomic mass is 10.1. The third kappa shape index (κ3) is 3.48. The summed E-state index contributed by atoms with van der Waals surface area (Å²) in [4.78, 5) is 18.3. The Hall–Kier alpha value is -2.85. The van der Waals surface area contributed by atoms with Gasteiger partial charge in [0.1, 0.15) is 0 Å². The highest BCUT2D eigenvalue weighted by Gasteiger charge is 2.16. The van der Waals surface area contributed by atoms with Gasteiger partial charge in [0.2, 0.25) is 0 Å². The maximum atomic E-state index is 13.4. The fourth-order valence-electron chi connectivity index (χ4n) is 3.51. The molecule has 4 aromatic rings. The molecule has 0 N–H and O–H groups in total. The molecule has 0 aliphatic rings. The van der Waals surface area contributed by atoms with E-state index in [9.17, 15) is 4.79 Å². The summed E-state index contributed by atoms with van der Waals surface area (Å²) < 4.78 is 1.79. The summed E-state index contributed by atoms with van der Waals surface area (Å²) in [6.45, 7) is 6.17. The van der Waals surface area contributed by atoms with Crippen LogP contribution in [0.5, 0.6) is 0 Å². The van der Waals surface area contributed by atoms with Gasteiger partial charge in [0.15, 0.2) is 5.16 Å². The zero-order valence-electron chi connectivity index (χ0n) is 16.3. The zero-order valence-corrected chi connectivity index (χ0v) is 17.1. The van der Waals surface area contributed by atoms with Crippen molar-refractivity contribution in [2.45, 2.75) is 31.7 Å². The Morgan fingerprint density at radius 3 is 2.36 bits per heavy atom. The molecule has 0 saturated heterocycles. The molecule has 0 unspecified atom stereocenters. The Morgan fingerprint density at radius 1 is 0.893 bits per heavy atom. The predicted molar refractivity (Wildman–Crippen MR) is 118 cm³/mol. The molecule has 140 valence electrons. The first kappa shape index (κ1) is 18.5. The normalized spacial score (nSPS) is 11.1. The molecule has 4 heteroatoms. The number of hydrogen-bond acceptors (Lipinski definition) is 3. The van der Waals surface area contributed by atoms with Crippen LogP contribution in [0.25, 0.3) is 16.6 Å². The molecule has 0 fully saturated rings. The van der Waals surface area contributed by atoms with Crippen molar-refractivity contribution in [3.63, 3.8) is 0 Å². The molecular weight excluding hydrogens is 364 g/mol. The van der Waals surface area contributed by atoms with Gasteiger partial charge in [0, 0.05) is 5.75 Å². The van der Waals surface area contributed by atoms with Crippen LogP contribution in [0.3, 0.4) is 0 Å². The molecule has 1 heterocycles. The quantitative estimate of drug-likeness (QED) is 0.338. The van der Waals surface area contributed by atoms with Gasteiger partial charge >= 0.3 is 0 Å².